The first-order chi connectivity index (χ1) is 9.78. The molecule has 1 aliphatic heterocycles. The van der Waals surface area contributed by atoms with E-state index in [1.807, 2.05) is 24.3 Å². The highest BCUT2D eigenvalue weighted by Gasteiger charge is 2.28. The van der Waals surface area contributed by atoms with Crippen LogP contribution in [0.5, 0.6) is 5.75 Å². The van der Waals surface area contributed by atoms with Crippen LogP contribution < -0.4 is 10.1 Å². The summed E-state index contributed by atoms with van der Waals surface area (Å²) in [6, 6.07) is 16.5. The van der Waals surface area contributed by atoms with E-state index < -0.39 is 0 Å². The molecule has 2 nitrogen and oxygen atoms in total. The molecule has 0 aromatic heterocycles. The second-order valence-corrected chi connectivity index (χ2v) is 5.48. The monoisotopic (exact) mass is 287 g/mol. The van der Waals surface area contributed by atoms with Crippen LogP contribution in [0.15, 0.2) is 48.5 Å². The largest absolute Gasteiger partial charge is 0.485 e. The summed E-state index contributed by atoms with van der Waals surface area (Å²) in [4.78, 5) is 0. The molecule has 2 aromatic carbocycles. The molecule has 1 heterocycles. The molecule has 104 valence electrons. The number of hydrogen-bond donors (Lipinski definition) is 1. The zero-order chi connectivity index (χ0) is 13.9. The lowest BCUT2D eigenvalue weighted by Gasteiger charge is -2.33. The van der Waals surface area contributed by atoms with E-state index in [9.17, 15) is 0 Å². The van der Waals surface area contributed by atoms with E-state index in [2.05, 4.69) is 36.5 Å². The smallest absolute Gasteiger partial charge is 0.126 e. The van der Waals surface area contributed by atoms with Crippen LogP contribution in [0.2, 0.25) is 5.02 Å². The molecule has 0 fully saturated rings. The Kier molecular flexibility index (Phi) is 3.95. The molecule has 0 saturated heterocycles. The number of fused-ring (bicyclic) bond motifs is 1. The van der Waals surface area contributed by atoms with Gasteiger partial charge < -0.3 is 10.1 Å². The zero-order valence-electron chi connectivity index (χ0n) is 11.5. The van der Waals surface area contributed by atoms with Crippen LogP contribution in [0.1, 0.15) is 36.6 Å². The van der Waals surface area contributed by atoms with Crippen LogP contribution in [-0.4, -0.2) is 6.54 Å². The molecule has 3 heteroatoms. The van der Waals surface area contributed by atoms with Gasteiger partial charge in [0, 0.05) is 23.0 Å². The number of rotatable bonds is 3. The maximum absolute atomic E-state index is 6.15. The molecular weight excluding hydrogens is 270 g/mol. The van der Waals surface area contributed by atoms with Gasteiger partial charge in [-0.25, -0.2) is 0 Å². The number of ether oxygens (including phenoxy) is 1. The van der Waals surface area contributed by atoms with Gasteiger partial charge in [-0.2, -0.15) is 0 Å². The van der Waals surface area contributed by atoms with Crippen molar-refractivity contribution in [2.45, 2.75) is 25.5 Å². The molecule has 1 N–H and O–H groups in total. The minimum Gasteiger partial charge on any atom is -0.485 e. The van der Waals surface area contributed by atoms with E-state index in [1.165, 1.54) is 5.56 Å². The predicted octanol–water partition coefficient (Wildman–Crippen LogP) is 4.51. The van der Waals surface area contributed by atoms with Crippen molar-refractivity contribution in [2.75, 3.05) is 6.54 Å². The highest BCUT2D eigenvalue weighted by atomic mass is 35.5. The molecule has 2 unspecified atom stereocenters. The molecule has 2 aromatic rings. The Bertz CT molecular complexity index is 585. The predicted molar refractivity (Wildman–Crippen MR) is 82.3 cm³/mol. The first-order valence-electron chi connectivity index (χ1n) is 7.02. The van der Waals surface area contributed by atoms with Crippen LogP contribution in [-0.2, 0) is 0 Å². The average molecular weight is 288 g/mol. The van der Waals surface area contributed by atoms with Crippen molar-refractivity contribution in [3.8, 4) is 5.75 Å². The topological polar surface area (TPSA) is 21.3 Å². The van der Waals surface area contributed by atoms with Gasteiger partial charge >= 0.3 is 0 Å². The molecule has 0 spiro atoms. The third-order valence-electron chi connectivity index (χ3n) is 3.69. The molecule has 0 aliphatic carbocycles. The van der Waals surface area contributed by atoms with Crippen molar-refractivity contribution in [3.63, 3.8) is 0 Å². The lowest BCUT2D eigenvalue weighted by Crippen LogP contribution is -2.29. The van der Waals surface area contributed by atoms with Crippen LogP contribution in [0.4, 0.5) is 0 Å². The van der Waals surface area contributed by atoms with Gasteiger partial charge in [-0.05, 0) is 30.3 Å². The lowest BCUT2D eigenvalue weighted by atomic mass is 9.93. The maximum Gasteiger partial charge on any atom is 0.126 e. The maximum atomic E-state index is 6.15. The molecule has 0 amide bonds. The number of hydrogen-bond acceptors (Lipinski definition) is 2. The second-order valence-electron chi connectivity index (χ2n) is 5.05. The second kappa shape index (κ2) is 5.86. The van der Waals surface area contributed by atoms with Gasteiger partial charge in [0.25, 0.3) is 0 Å². The molecule has 0 saturated carbocycles. The summed E-state index contributed by atoms with van der Waals surface area (Å²) in [5.74, 6) is 0.931. The van der Waals surface area contributed by atoms with Gasteiger partial charge in [-0.15, -0.1) is 0 Å². The van der Waals surface area contributed by atoms with Gasteiger partial charge in [-0.3, -0.25) is 0 Å². The normalized spacial score (nSPS) is 21.1. The molecule has 0 bridgehead atoms. The summed E-state index contributed by atoms with van der Waals surface area (Å²) >= 11 is 6.11. The summed E-state index contributed by atoms with van der Waals surface area (Å²) in [6.45, 7) is 3.05. The number of nitrogens with one attached hydrogen (secondary N) is 1. The molecule has 3 rings (SSSR count). The molecular formula is C17H18ClNO. The summed E-state index contributed by atoms with van der Waals surface area (Å²) < 4.78 is 6.15. The summed E-state index contributed by atoms with van der Waals surface area (Å²) in [6.07, 6.45) is 1.01. The molecule has 2 atom stereocenters. The fourth-order valence-electron chi connectivity index (χ4n) is 2.75. The van der Waals surface area contributed by atoms with E-state index >= 15 is 0 Å². The molecule has 20 heavy (non-hydrogen) atoms. The Hall–Kier alpha value is -1.51. The van der Waals surface area contributed by atoms with Gasteiger partial charge in [0.1, 0.15) is 11.9 Å². The minimum absolute atomic E-state index is 0.0916. The SMILES string of the molecule is CCNC1CC(c2ccccc2)Oc2ccc(Cl)cc21. The quantitative estimate of drug-likeness (QED) is 0.896. The van der Waals surface area contributed by atoms with E-state index in [0.717, 1.165) is 29.3 Å². The van der Waals surface area contributed by atoms with Crippen molar-refractivity contribution in [3.05, 3.63) is 64.7 Å². The lowest BCUT2D eigenvalue weighted by molar-refractivity contribution is 0.152. The van der Waals surface area contributed by atoms with Gasteiger partial charge in [-0.1, -0.05) is 48.9 Å². The van der Waals surface area contributed by atoms with Crippen LogP contribution >= 0.6 is 11.6 Å². The third kappa shape index (κ3) is 2.67. The molecule has 0 radical (unpaired) electrons. The Labute approximate surface area is 124 Å². The van der Waals surface area contributed by atoms with E-state index in [1.54, 1.807) is 0 Å². The van der Waals surface area contributed by atoms with Gasteiger partial charge in [0.15, 0.2) is 0 Å². The standard InChI is InChI=1S/C17H18ClNO/c1-2-19-15-11-17(12-6-4-3-5-7-12)20-16-9-8-13(18)10-14(15)16/h3-10,15,17,19H,2,11H2,1H3. The van der Waals surface area contributed by atoms with Gasteiger partial charge in [0.05, 0.1) is 0 Å². The highest BCUT2D eigenvalue weighted by Crippen LogP contribution is 2.41. The van der Waals surface area contributed by atoms with Crippen molar-refractivity contribution in [1.29, 1.82) is 0 Å². The third-order valence-corrected chi connectivity index (χ3v) is 3.92. The average Bonchev–Trinajstić information content (AvgIpc) is 2.49. The van der Waals surface area contributed by atoms with Crippen LogP contribution in [0.3, 0.4) is 0 Å². The minimum atomic E-state index is 0.0916. The van der Waals surface area contributed by atoms with E-state index in [4.69, 9.17) is 16.3 Å². The summed E-state index contributed by atoms with van der Waals surface area (Å²) in [5.41, 5.74) is 2.38. The van der Waals surface area contributed by atoms with E-state index in [-0.39, 0.29) is 12.1 Å². The first-order valence-corrected chi connectivity index (χ1v) is 7.40. The summed E-state index contributed by atoms with van der Waals surface area (Å²) in [7, 11) is 0. The Morgan fingerprint density at radius 2 is 2.00 bits per heavy atom. The fraction of sp³-hybridized carbons (Fsp3) is 0.294. The fourth-order valence-corrected chi connectivity index (χ4v) is 2.93. The van der Waals surface area contributed by atoms with E-state index in [0.29, 0.717) is 0 Å². The first kappa shape index (κ1) is 13.5. The van der Waals surface area contributed by atoms with Crippen molar-refractivity contribution in [2.24, 2.45) is 0 Å². The van der Waals surface area contributed by atoms with Crippen molar-refractivity contribution < 1.29 is 4.74 Å². The van der Waals surface area contributed by atoms with Crippen LogP contribution in [0, 0.1) is 0 Å². The van der Waals surface area contributed by atoms with Crippen molar-refractivity contribution in [1.82, 2.24) is 5.32 Å². The van der Waals surface area contributed by atoms with Crippen LogP contribution in [0.25, 0.3) is 0 Å². The number of halogens is 1. The Morgan fingerprint density at radius 3 is 2.75 bits per heavy atom. The van der Waals surface area contributed by atoms with Gasteiger partial charge in [0.2, 0.25) is 0 Å². The summed E-state index contributed by atoms with van der Waals surface area (Å²) in [5, 5.41) is 4.29. The number of benzene rings is 2. The van der Waals surface area contributed by atoms with Crippen molar-refractivity contribution >= 4 is 11.6 Å². The zero-order valence-corrected chi connectivity index (χ0v) is 12.2. The molecule has 1 aliphatic rings. The highest BCUT2D eigenvalue weighted by molar-refractivity contribution is 6.30. The Morgan fingerprint density at radius 1 is 1.20 bits per heavy atom. The Balaban J connectivity index is 1.95.